The van der Waals surface area contributed by atoms with Gasteiger partial charge < -0.3 is 9.42 Å². The van der Waals surface area contributed by atoms with Crippen molar-refractivity contribution in [2.45, 2.75) is 24.3 Å². The Balaban J connectivity index is 1.49. The number of carbonyl (C=O) groups excluding carboxylic acids is 1. The molecule has 3 aromatic rings. The minimum absolute atomic E-state index is 0.125. The highest BCUT2D eigenvalue weighted by Crippen LogP contribution is 2.16. The first-order valence-electron chi connectivity index (χ1n) is 9.51. The zero-order chi connectivity index (χ0) is 21.6. The molecule has 1 heterocycles. The summed E-state index contributed by atoms with van der Waals surface area (Å²) in [5.74, 6) is 0.688. The predicted molar refractivity (Wildman–Crippen MR) is 112 cm³/mol. The van der Waals surface area contributed by atoms with Crippen molar-refractivity contribution in [1.29, 1.82) is 0 Å². The first kappa shape index (κ1) is 21.7. The van der Waals surface area contributed by atoms with Crippen LogP contribution in [-0.2, 0) is 21.4 Å². The van der Waals surface area contributed by atoms with Crippen LogP contribution in [0.15, 0.2) is 70.1 Å². The zero-order valence-corrected chi connectivity index (χ0v) is 17.7. The van der Waals surface area contributed by atoms with E-state index >= 15 is 0 Å². The molecule has 8 nitrogen and oxygen atoms in total. The van der Waals surface area contributed by atoms with E-state index in [-0.39, 0.29) is 30.3 Å². The molecule has 0 aliphatic carbocycles. The van der Waals surface area contributed by atoms with Crippen molar-refractivity contribution in [2.24, 2.45) is 0 Å². The molecule has 9 heteroatoms. The molecule has 0 saturated carbocycles. The first-order valence-corrected chi connectivity index (χ1v) is 11.0. The molecule has 158 valence electrons. The van der Waals surface area contributed by atoms with Gasteiger partial charge in [-0.1, -0.05) is 53.7 Å². The Bertz CT molecular complexity index is 1070. The molecule has 30 heavy (non-hydrogen) atoms. The molecule has 0 aliphatic heterocycles. The molecule has 0 spiro atoms. The summed E-state index contributed by atoms with van der Waals surface area (Å²) >= 11 is 0. The third-order valence-corrected chi connectivity index (χ3v) is 6.48. The fraction of sp³-hybridized carbons (Fsp3) is 0.286. The first-order chi connectivity index (χ1) is 14.4. The largest absolute Gasteiger partial charge is 0.337 e. The summed E-state index contributed by atoms with van der Waals surface area (Å²) in [6.45, 7) is 0.437. The minimum atomic E-state index is -3.55. The molecule has 0 fully saturated rings. The van der Waals surface area contributed by atoms with Crippen LogP contribution >= 0.6 is 0 Å². The molecule has 0 bridgehead atoms. The van der Waals surface area contributed by atoms with Crippen LogP contribution in [0, 0.1) is 0 Å². The summed E-state index contributed by atoms with van der Waals surface area (Å²) in [6.07, 6.45) is 0.621. The Hall–Kier alpha value is -3.04. The van der Waals surface area contributed by atoms with Gasteiger partial charge >= 0.3 is 0 Å². The molecule has 1 aromatic heterocycles. The molecule has 0 N–H and O–H groups in total. The number of rotatable bonds is 9. The molecule has 0 atom stereocenters. The number of hydrogen-bond acceptors (Lipinski definition) is 6. The number of benzene rings is 2. The van der Waals surface area contributed by atoms with Gasteiger partial charge in [0.1, 0.15) is 0 Å². The highest BCUT2D eigenvalue weighted by Gasteiger charge is 2.21. The summed E-state index contributed by atoms with van der Waals surface area (Å²) in [5, 5.41) is 3.94. The normalized spacial score (nSPS) is 11.6. The fourth-order valence-electron chi connectivity index (χ4n) is 2.85. The molecule has 0 saturated heterocycles. The van der Waals surface area contributed by atoms with Crippen molar-refractivity contribution >= 4 is 15.9 Å². The third kappa shape index (κ3) is 5.31. The molecule has 2 aromatic carbocycles. The van der Waals surface area contributed by atoms with Gasteiger partial charge in [-0.3, -0.25) is 4.79 Å². The summed E-state index contributed by atoms with van der Waals surface area (Å²) in [6, 6.07) is 17.7. The number of amides is 1. The summed E-state index contributed by atoms with van der Waals surface area (Å²) < 4.78 is 31.5. The number of sulfonamides is 1. The molecule has 3 rings (SSSR count). The zero-order valence-electron chi connectivity index (χ0n) is 16.9. The van der Waals surface area contributed by atoms with Crippen LogP contribution in [0.2, 0.25) is 0 Å². The van der Waals surface area contributed by atoms with E-state index in [9.17, 15) is 13.2 Å². The standard InChI is InChI=1S/C21H24N4O4S/c1-24(16-19-22-21(23-29-19)17-10-5-3-6-11-17)20(26)14-9-15-25(2)30(27,28)18-12-7-4-8-13-18/h3-8,10-13H,9,14-16H2,1-2H3. The quantitative estimate of drug-likeness (QED) is 0.520. The van der Waals surface area contributed by atoms with Crippen molar-refractivity contribution < 1.29 is 17.7 Å². The van der Waals surface area contributed by atoms with Crippen LogP contribution in [0.1, 0.15) is 18.7 Å². The average Bonchev–Trinajstić information content (AvgIpc) is 3.23. The Morgan fingerprint density at radius 1 is 1.00 bits per heavy atom. The van der Waals surface area contributed by atoms with Crippen LogP contribution in [0.25, 0.3) is 11.4 Å². The van der Waals surface area contributed by atoms with Crippen molar-refractivity contribution in [3.8, 4) is 11.4 Å². The highest BCUT2D eigenvalue weighted by atomic mass is 32.2. The minimum Gasteiger partial charge on any atom is -0.337 e. The van der Waals surface area contributed by atoms with E-state index in [1.54, 1.807) is 37.4 Å². The molecular weight excluding hydrogens is 404 g/mol. The topological polar surface area (TPSA) is 96.6 Å². The van der Waals surface area contributed by atoms with Crippen molar-refractivity contribution in [3.63, 3.8) is 0 Å². The Kier molecular flexibility index (Phi) is 6.96. The molecule has 0 radical (unpaired) electrons. The second kappa shape index (κ2) is 9.64. The summed E-state index contributed by atoms with van der Waals surface area (Å²) in [5.41, 5.74) is 0.837. The van der Waals surface area contributed by atoms with Gasteiger partial charge in [0, 0.05) is 32.6 Å². The SMILES string of the molecule is CN(Cc1nc(-c2ccccc2)no1)C(=O)CCCN(C)S(=O)(=O)c1ccccc1. The predicted octanol–water partition coefficient (Wildman–Crippen LogP) is 2.80. The summed E-state index contributed by atoms with van der Waals surface area (Å²) in [4.78, 5) is 18.4. The second-order valence-electron chi connectivity index (χ2n) is 6.87. The lowest BCUT2D eigenvalue weighted by Crippen LogP contribution is -2.30. The van der Waals surface area contributed by atoms with E-state index < -0.39 is 10.0 Å². The van der Waals surface area contributed by atoms with E-state index in [0.717, 1.165) is 5.56 Å². The monoisotopic (exact) mass is 428 g/mol. The number of aromatic nitrogens is 2. The smallest absolute Gasteiger partial charge is 0.246 e. The van der Waals surface area contributed by atoms with E-state index in [4.69, 9.17) is 4.52 Å². The van der Waals surface area contributed by atoms with Crippen LogP contribution < -0.4 is 0 Å². The van der Waals surface area contributed by atoms with Gasteiger partial charge in [0.05, 0.1) is 11.4 Å². The van der Waals surface area contributed by atoms with Crippen molar-refractivity contribution in [2.75, 3.05) is 20.6 Å². The Morgan fingerprint density at radius 3 is 2.30 bits per heavy atom. The number of carbonyl (C=O) groups is 1. The van der Waals surface area contributed by atoms with Crippen LogP contribution in [0.4, 0.5) is 0 Å². The molecule has 0 unspecified atom stereocenters. The molecule has 0 aliphatic rings. The Morgan fingerprint density at radius 2 is 1.63 bits per heavy atom. The van der Waals surface area contributed by atoms with E-state index in [0.29, 0.717) is 18.1 Å². The Labute approximate surface area is 176 Å². The maximum Gasteiger partial charge on any atom is 0.246 e. The van der Waals surface area contributed by atoms with Gasteiger partial charge in [-0.25, -0.2) is 12.7 Å². The highest BCUT2D eigenvalue weighted by molar-refractivity contribution is 7.89. The van der Waals surface area contributed by atoms with Crippen molar-refractivity contribution in [1.82, 2.24) is 19.3 Å². The lowest BCUT2D eigenvalue weighted by molar-refractivity contribution is -0.130. The third-order valence-electron chi connectivity index (χ3n) is 4.61. The van der Waals surface area contributed by atoms with E-state index in [1.807, 2.05) is 30.3 Å². The number of hydrogen-bond donors (Lipinski definition) is 0. The van der Waals surface area contributed by atoms with Gasteiger partial charge in [-0.15, -0.1) is 0 Å². The maximum atomic E-state index is 12.5. The van der Waals surface area contributed by atoms with Crippen LogP contribution in [0.5, 0.6) is 0 Å². The van der Waals surface area contributed by atoms with Crippen molar-refractivity contribution in [3.05, 3.63) is 66.6 Å². The second-order valence-corrected chi connectivity index (χ2v) is 8.92. The van der Waals surface area contributed by atoms with E-state index in [2.05, 4.69) is 10.1 Å². The molecule has 1 amide bonds. The van der Waals surface area contributed by atoms with E-state index in [1.165, 1.54) is 16.3 Å². The van der Waals surface area contributed by atoms with Crippen LogP contribution in [0.3, 0.4) is 0 Å². The molecular formula is C21H24N4O4S. The van der Waals surface area contributed by atoms with Crippen LogP contribution in [-0.4, -0.2) is 54.3 Å². The number of nitrogens with zero attached hydrogens (tertiary/aromatic N) is 4. The van der Waals surface area contributed by atoms with Gasteiger partial charge in [-0.05, 0) is 18.6 Å². The lowest BCUT2D eigenvalue weighted by atomic mass is 10.2. The van der Waals surface area contributed by atoms with Gasteiger partial charge in [-0.2, -0.15) is 4.98 Å². The summed E-state index contributed by atoms with van der Waals surface area (Å²) in [7, 11) is -0.388. The van der Waals surface area contributed by atoms with Gasteiger partial charge in [0.25, 0.3) is 0 Å². The fourth-order valence-corrected chi connectivity index (χ4v) is 4.08. The lowest BCUT2D eigenvalue weighted by Gasteiger charge is -2.18. The van der Waals surface area contributed by atoms with Gasteiger partial charge in [0.15, 0.2) is 0 Å². The maximum absolute atomic E-state index is 12.5. The van der Waals surface area contributed by atoms with Gasteiger partial charge in [0.2, 0.25) is 27.6 Å². The average molecular weight is 429 g/mol.